The van der Waals surface area contributed by atoms with Crippen LogP contribution in [0.1, 0.15) is 39.5 Å². The molecule has 1 aliphatic heterocycles. The van der Waals surface area contributed by atoms with Crippen LogP contribution in [0.5, 0.6) is 0 Å². The molecule has 2 aliphatic rings. The fraction of sp³-hybridized carbons (Fsp3) is 0.526. The lowest BCUT2D eigenvalue weighted by Gasteiger charge is -2.30. The molecule has 4 rings (SSSR count). The lowest BCUT2D eigenvalue weighted by molar-refractivity contribution is 0.489. The number of aromatic nitrogens is 2. The Morgan fingerprint density at radius 3 is 2.48 bits per heavy atom. The van der Waals surface area contributed by atoms with Gasteiger partial charge in [0.1, 0.15) is 11.0 Å². The van der Waals surface area contributed by atoms with Gasteiger partial charge in [0.15, 0.2) is 0 Å². The zero-order chi connectivity index (χ0) is 17.8. The number of nitrogens with zero attached hydrogens (tertiary/aromatic N) is 4. The van der Waals surface area contributed by atoms with Crippen molar-refractivity contribution in [2.75, 3.05) is 18.0 Å². The van der Waals surface area contributed by atoms with Crippen molar-refractivity contribution in [1.29, 1.82) is 5.26 Å². The second-order valence-corrected chi connectivity index (χ2v) is 7.07. The number of rotatable bonds is 3. The normalized spacial score (nSPS) is 19.8. The fourth-order valence-electron chi connectivity index (χ4n) is 3.83. The topological polar surface area (TPSA) is 52.8 Å². The standard InChI is InChI=1S/C17H18BClN4.C2H6/c19-16-6-4-15-14(21-16)5-7-17(22-15)23-9-8-13(10-23)18(11-20)12-2-1-3-12;1-2/h4-7,12-13H,1-3,8-10H2;1-2H3. The van der Waals surface area contributed by atoms with Gasteiger partial charge in [0, 0.05) is 19.1 Å². The van der Waals surface area contributed by atoms with Gasteiger partial charge in [-0.3, -0.25) is 0 Å². The summed E-state index contributed by atoms with van der Waals surface area (Å²) in [6.45, 7) is 6.14. The third-order valence-corrected chi connectivity index (χ3v) is 5.57. The monoisotopic (exact) mass is 354 g/mol. The average molecular weight is 355 g/mol. The van der Waals surface area contributed by atoms with E-state index in [0.717, 1.165) is 36.4 Å². The molecule has 1 saturated carbocycles. The summed E-state index contributed by atoms with van der Waals surface area (Å²) in [6, 6.07) is 7.67. The highest BCUT2D eigenvalue weighted by Gasteiger charge is 2.40. The minimum absolute atomic E-state index is 0.217. The summed E-state index contributed by atoms with van der Waals surface area (Å²) in [5.41, 5.74) is 1.69. The predicted octanol–water partition coefficient (Wildman–Crippen LogP) is 5.00. The molecule has 2 fully saturated rings. The van der Waals surface area contributed by atoms with Crippen LogP contribution in [0, 0.1) is 11.2 Å². The summed E-state index contributed by atoms with van der Waals surface area (Å²) >= 11 is 5.92. The van der Waals surface area contributed by atoms with Crippen molar-refractivity contribution < 1.29 is 0 Å². The van der Waals surface area contributed by atoms with Crippen LogP contribution in [-0.2, 0) is 0 Å². The number of nitriles is 1. The van der Waals surface area contributed by atoms with Crippen molar-refractivity contribution in [3.63, 3.8) is 0 Å². The summed E-state index contributed by atoms with van der Waals surface area (Å²) < 4.78 is 0. The number of fused-ring (bicyclic) bond motifs is 1. The third-order valence-electron chi connectivity index (χ3n) is 5.36. The highest BCUT2D eigenvalue weighted by molar-refractivity contribution is 6.70. The number of halogens is 1. The second kappa shape index (κ2) is 8.06. The van der Waals surface area contributed by atoms with Gasteiger partial charge in [0.05, 0.1) is 11.0 Å². The van der Waals surface area contributed by atoms with E-state index in [9.17, 15) is 5.26 Å². The van der Waals surface area contributed by atoms with Crippen LogP contribution in [0.3, 0.4) is 0 Å². The summed E-state index contributed by atoms with van der Waals surface area (Å²) in [5, 5.41) is 10.0. The summed E-state index contributed by atoms with van der Waals surface area (Å²) in [4.78, 5) is 11.3. The molecule has 0 aromatic carbocycles. The Hall–Kier alpha value is -1.80. The molecule has 130 valence electrons. The maximum atomic E-state index is 9.54. The van der Waals surface area contributed by atoms with Gasteiger partial charge < -0.3 is 4.90 Å². The molecule has 2 aromatic rings. The van der Waals surface area contributed by atoms with E-state index < -0.39 is 0 Å². The lowest BCUT2D eigenvalue weighted by atomic mass is 9.31. The van der Waals surface area contributed by atoms with Crippen LogP contribution in [0.15, 0.2) is 24.3 Å². The highest BCUT2D eigenvalue weighted by Crippen LogP contribution is 2.42. The van der Waals surface area contributed by atoms with E-state index >= 15 is 0 Å². The molecule has 1 unspecified atom stereocenters. The van der Waals surface area contributed by atoms with Crippen LogP contribution < -0.4 is 4.90 Å². The Kier molecular flexibility index (Phi) is 5.80. The second-order valence-electron chi connectivity index (χ2n) is 6.68. The number of hydrogen-bond acceptors (Lipinski definition) is 4. The lowest BCUT2D eigenvalue weighted by Crippen LogP contribution is -2.32. The number of pyridine rings is 2. The zero-order valence-corrected chi connectivity index (χ0v) is 15.7. The van der Waals surface area contributed by atoms with Gasteiger partial charge in [-0.1, -0.05) is 44.7 Å². The van der Waals surface area contributed by atoms with E-state index in [1.54, 1.807) is 6.07 Å². The largest absolute Gasteiger partial charge is 0.357 e. The molecule has 2 aromatic heterocycles. The molecule has 1 atom stereocenters. The van der Waals surface area contributed by atoms with Crippen molar-refractivity contribution in [3.05, 3.63) is 29.4 Å². The van der Waals surface area contributed by atoms with Gasteiger partial charge in [-0.15, -0.1) is 0 Å². The molecular formula is C19H24BClN4. The summed E-state index contributed by atoms with van der Waals surface area (Å²) in [6.07, 6.45) is 4.85. The fourth-order valence-corrected chi connectivity index (χ4v) is 3.99. The van der Waals surface area contributed by atoms with Crippen LogP contribution in [0.2, 0.25) is 16.8 Å². The van der Waals surface area contributed by atoms with Crippen molar-refractivity contribution >= 4 is 35.2 Å². The van der Waals surface area contributed by atoms with Gasteiger partial charge in [-0.2, -0.15) is 0 Å². The summed E-state index contributed by atoms with van der Waals surface area (Å²) in [5.74, 6) is 4.67. The first-order valence-electron chi connectivity index (χ1n) is 9.32. The van der Waals surface area contributed by atoms with Crippen molar-refractivity contribution in [3.8, 4) is 5.97 Å². The molecule has 4 nitrogen and oxygen atoms in total. The molecule has 0 amide bonds. The molecule has 6 heteroatoms. The predicted molar refractivity (Wildman–Crippen MR) is 105 cm³/mol. The Balaban J connectivity index is 0.000000880. The molecule has 1 saturated heterocycles. The first-order chi connectivity index (χ1) is 12.2. The Morgan fingerprint density at radius 1 is 1.08 bits per heavy atom. The molecule has 0 N–H and O–H groups in total. The third kappa shape index (κ3) is 3.74. The molecular weight excluding hydrogens is 331 g/mol. The molecule has 1 aliphatic carbocycles. The SMILES string of the molecule is CC.N#CB(C1CCC1)C1CCN(c2ccc3nc(Cl)ccc3n2)C1. The van der Waals surface area contributed by atoms with E-state index in [1.807, 2.05) is 32.0 Å². The van der Waals surface area contributed by atoms with Crippen LogP contribution in [0.4, 0.5) is 5.82 Å². The maximum absolute atomic E-state index is 9.54. The molecule has 0 bridgehead atoms. The van der Waals surface area contributed by atoms with Crippen molar-refractivity contribution in [2.24, 2.45) is 0 Å². The van der Waals surface area contributed by atoms with Crippen LogP contribution in [0.25, 0.3) is 11.0 Å². The minimum atomic E-state index is 0.217. The van der Waals surface area contributed by atoms with E-state index in [1.165, 1.54) is 19.3 Å². The van der Waals surface area contributed by atoms with Gasteiger partial charge in [-0.25, -0.2) is 15.2 Å². The summed E-state index contributed by atoms with van der Waals surface area (Å²) in [7, 11) is 0. The Morgan fingerprint density at radius 2 is 1.80 bits per heavy atom. The first kappa shape index (κ1) is 18.0. The highest BCUT2D eigenvalue weighted by atomic mass is 35.5. The first-order valence-corrected chi connectivity index (χ1v) is 9.70. The Bertz CT molecular complexity index is 772. The van der Waals surface area contributed by atoms with E-state index in [0.29, 0.717) is 16.8 Å². The van der Waals surface area contributed by atoms with Crippen LogP contribution in [-0.4, -0.2) is 29.8 Å². The van der Waals surface area contributed by atoms with Crippen molar-refractivity contribution in [1.82, 2.24) is 9.97 Å². The van der Waals surface area contributed by atoms with E-state index in [2.05, 4.69) is 15.9 Å². The molecule has 3 heterocycles. The Labute approximate surface area is 155 Å². The van der Waals surface area contributed by atoms with Gasteiger partial charge >= 0.3 is 0 Å². The van der Waals surface area contributed by atoms with Gasteiger partial charge in [-0.05, 0) is 42.3 Å². The van der Waals surface area contributed by atoms with Crippen molar-refractivity contribution in [2.45, 2.75) is 51.2 Å². The maximum Gasteiger partial charge on any atom is 0.275 e. The van der Waals surface area contributed by atoms with E-state index in [4.69, 9.17) is 16.6 Å². The number of anilines is 1. The molecule has 25 heavy (non-hydrogen) atoms. The minimum Gasteiger partial charge on any atom is -0.357 e. The number of hydrogen-bond donors (Lipinski definition) is 0. The van der Waals surface area contributed by atoms with Crippen LogP contribution >= 0.6 is 11.6 Å². The smallest absolute Gasteiger partial charge is 0.275 e. The molecule has 0 radical (unpaired) electrons. The average Bonchev–Trinajstić information content (AvgIpc) is 3.09. The zero-order valence-electron chi connectivity index (χ0n) is 15.0. The van der Waals surface area contributed by atoms with Gasteiger partial charge in [0.25, 0.3) is 6.71 Å². The van der Waals surface area contributed by atoms with E-state index in [-0.39, 0.29) is 6.71 Å². The molecule has 0 spiro atoms. The quantitative estimate of drug-likeness (QED) is 0.575. The van der Waals surface area contributed by atoms with Gasteiger partial charge in [0.2, 0.25) is 0 Å².